The van der Waals surface area contributed by atoms with E-state index in [1.807, 2.05) is 12.1 Å². The molecular formula is C21H19Cl2NO4. The molecule has 0 bridgehead atoms. The third-order valence-electron chi connectivity index (χ3n) is 4.72. The van der Waals surface area contributed by atoms with Crippen molar-refractivity contribution in [1.82, 2.24) is 0 Å². The number of aliphatic imine (C=N–C) groups is 1. The lowest BCUT2D eigenvalue weighted by atomic mass is 9.79. The maximum atomic E-state index is 12.9. The summed E-state index contributed by atoms with van der Waals surface area (Å²) in [5, 5.41) is 0.710. The molecule has 1 amide bonds. The molecule has 146 valence electrons. The minimum Gasteiger partial charge on any atom is -0.497 e. The summed E-state index contributed by atoms with van der Waals surface area (Å²) in [6.07, 6.45) is 0.0692. The van der Waals surface area contributed by atoms with Crippen LogP contribution in [0.3, 0.4) is 0 Å². The lowest BCUT2D eigenvalue weighted by Gasteiger charge is -2.29. The van der Waals surface area contributed by atoms with Gasteiger partial charge in [-0.25, -0.2) is 4.99 Å². The monoisotopic (exact) mass is 419 g/mol. The smallest absolute Gasteiger partial charge is 0.315 e. The number of benzene rings is 2. The van der Waals surface area contributed by atoms with Crippen LogP contribution >= 0.6 is 23.2 Å². The van der Waals surface area contributed by atoms with E-state index in [4.69, 9.17) is 32.7 Å². The van der Waals surface area contributed by atoms with Gasteiger partial charge in [-0.05, 0) is 36.2 Å². The molecule has 2 unspecified atom stereocenters. The fraction of sp³-hybridized carbons (Fsp3) is 0.286. The normalized spacial score (nSPS) is 19.1. The first-order valence-corrected chi connectivity index (χ1v) is 9.47. The third kappa shape index (κ3) is 4.37. The number of rotatable bonds is 5. The Morgan fingerprint density at radius 3 is 2.57 bits per heavy atom. The number of carbonyl (C=O) groups excluding carboxylic acids is 2. The summed E-state index contributed by atoms with van der Waals surface area (Å²) in [7, 11) is 1.59. The Morgan fingerprint density at radius 1 is 1.18 bits per heavy atom. The van der Waals surface area contributed by atoms with Gasteiger partial charge in [-0.2, -0.15) is 0 Å². The van der Waals surface area contributed by atoms with E-state index in [1.165, 1.54) is 0 Å². The fourth-order valence-corrected chi connectivity index (χ4v) is 3.75. The van der Waals surface area contributed by atoms with E-state index in [0.29, 0.717) is 21.3 Å². The first-order chi connectivity index (χ1) is 13.4. The molecule has 2 atom stereocenters. The van der Waals surface area contributed by atoms with Gasteiger partial charge >= 0.3 is 5.97 Å². The van der Waals surface area contributed by atoms with E-state index in [9.17, 15) is 9.59 Å². The van der Waals surface area contributed by atoms with Gasteiger partial charge in [0.05, 0.1) is 17.2 Å². The minimum atomic E-state index is -0.702. The average molecular weight is 420 g/mol. The fourth-order valence-electron chi connectivity index (χ4n) is 3.31. The number of methoxy groups -OCH3 is 1. The molecule has 1 aliphatic heterocycles. The van der Waals surface area contributed by atoms with Gasteiger partial charge < -0.3 is 9.47 Å². The van der Waals surface area contributed by atoms with E-state index in [1.54, 1.807) is 44.4 Å². The molecule has 1 heterocycles. The van der Waals surface area contributed by atoms with Crippen LogP contribution in [0.1, 0.15) is 30.4 Å². The van der Waals surface area contributed by atoms with E-state index in [0.717, 1.165) is 11.3 Å². The Balaban J connectivity index is 1.82. The van der Waals surface area contributed by atoms with Crippen LogP contribution < -0.4 is 4.74 Å². The second-order valence-corrected chi connectivity index (χ2v) is 7.32. The lowest BCUT2D eigenvalue weighted by molar-refractivity contribution is -0.148. The highest BCUT2D eigenvalue weighted by Crippen LogP contribution is 2.40. The van der Waals surface area contributed by atoms with Crippen LogP contribution in [0.15, 0.2) is 47.5 Å². The maximum Gasteiger partial charge on any atom is 0.315 e. The largest absolute Gasteiger partial charge is 0.497 e. The first-order valence-electron chi connectivity index (χ1n) is 8.72. The van der Waals surface area contributed by atoms with Gasteiger partial charge in [0.15, 0.2) is 0 Å². The number of halogens is 2. The summed E-state index contributed by atoms with van der Waals surface area (Å²) in [4.78, 5) is 28.9. The van der Waals surface area contributed by atoms with Crippen LogP contribution in [0.25, 0.3) is 0 Å². The van der Waals surface area contributed by atoms with Gasteiger partial charge in [0.1, 0.15) is 18.3 Å². The van der Waals surface area contributed by atoms with E-state index in [-0.39, 0.29) is 18.9 Å². The highest BCUT2D eigenvalue weighted by molar-refractivity contribution is 6.42. The second-order valence-electron chi connectivity index (χ2n) is 6.53. The van der Waals surface area contributed by atoms with E-state index >= 15 is 0 Å². The van der Waals surface area contributed by atoms with Gasteiger partial charge in [-0.3, -0.25) is 9.59 Å². The predicted octanol–water partition coefficient (Wildman–Crippen LogP) is 4.84. The Morgan fingerprint density at radius 2 is 1.89 bits per heavy atom. The molecule has 0 fully saturated rings. The summed E-state index contributed by atoms with van der Waals surface area (Å²) in [6, 6.07) is 12.4. The summed E-state index contributed by atoms with van der Waals surface area (Å²) in [5.41, 5.74) is 1.88. The molecule has 0 saturated heterocycles. The van der Waals surface area contributed by atoms with Crippen molar-refractivity contribution in [3.05, 3.63) is 63.6 Å². The highest BCUT2D eigenvalue weighted by atomic mass is 35.5. The van der Waals surface area contributed by atoms with Crippen LogP contribution in [0.2, 0.25) is 10.0 Å². The third-order valence-corrected chi connectivity index (χ3v) is 5.56. The summed E-state index contributed by atoms with van der Waals surface area (Å²) in [6.45, 7) is 1.76. The van der Waals surface area contributed by atoms with Gasteiger partial charge in [-0.1, -0.05) is 47.5 Å². The van der Waals surface area contributed by atoms with Crippen molar-refractivity contribution in [1.29, 1.82) is 0 Å². The van der Waals surface area contributed by atoms with E-state index < -0.39 is 17.8 Å². The highest BCUT2D eigenvalue weighted by Gasteiger charge is 2.39. The molecule has 3 rings (SSSR count). The molecule has 0 aliphatic carbocycles. The number of carbonyl (C=O) groups is 2. The van der Waals surface area contributed by atoms with E-state index in [2.05, 4.69) is 4.99 Å². The molecule has 0 aromatic heterocycles. The summed E-state index contributed by atoms with van der Waals surface area (Å²) >= 11 is 12.5. The molecule has 0 N–H and O–H groups in total. The number of nitrogens with zero attached hydrogens (tertiary/aromatic N) is 1. The topological polar surface area (TPSA) is 65.0 Å². The molecule has 1 aliphatic rings. The zero-order chi connectivity index (χ0) is 20.3. The number of hydrogen-bond donors (Lipinski definition) is 0. The van der Waals surface area contributed by atoms with Crippen LogP contribution in [0.5, 0.6) is 5.75 Å². The Bertz CT molecular complexity index is 925. The SMILES string of the molecule is COc1ccc(COC(=O)C2C(C)=NC(=O)CC2c2cccc(Cl)c2Cl)cc1. The van der Waals surface area contributed by atoms with Crippen LogP contribution in [-0.2, 0) is 20.9 Å². The van der Waals surface area contributed by atoms with Crippen LogP contribution in [-0.4, -0.2) is 24.7 Å². The number of esters is 1. The van der Waals surface area contributed by atoms with Gasteiger partial charge in [0.2, 0.25) is 5.91 Å². The summed E-state index contributed by atoms with van der Waals surface area (Å²) < 4.78 is 10.6. The van der Waals surface area contributed by atoms with Crippen molar-refractivity contribution in [2.45, 2.75) is 25.9 Å². The van der Waals surface area contributed by atoms with Crippen molar-refractivity contribution in [2.24, 2.45) is 10.9 Å². The quantitative estimate of drug-likeness (QED) is 0.650. The zero-order valence-corrected chi connectivity index (χ0v) is 17.0. The second kappa shape index (κ2) is 8.76. The molecule has 0 radical (unpaired) electrons. The number of hydrogen-bond acceptors (Lipinski definition) is 4. The lowest BCUT2D eigenvalue weighted by Crippen LogP contribution is -2.35. The molecule has 28 heavy (non-hydrogen) atoms. The zero-order valence-electron chi connectivity index (χ0n) is 15.4. The maximum absolute atomic E-state index is 12.9. The van der Waals surface area contributed by atoms with Crippen LogP contribution in [0.4, 0.5) is 0 Å². The number of amides is 1. The van der Waals surface area contributed by atoms with Gasteiger partial charge in [0.25, 0.3) is 0 Å². The predicted molar refractivity (Wildman–Crippen MR) is 108 cm³/mol. The molecule has 0 spiro atoms. The van der Waals surface area contributed by atoms with Crippen LogP contribution in [0, 0.1) is 5.92 Å². The van der Waals surface area contributed by atoms with Crippen molar-refractivity contribution >= 4 is 40.8 Å². The van der Waals surface area contributed by atoms with Crippen molar-refractivity contribution < 1.29 is 19.1 Å². The first kappa shape index (κ1) is 20.4. The molecule has 2 aromatic rings. The Hall–Kier alpha value is -2.37. The average Bonchev–Trinajstić information content (AvgIpc) is 2.68. The van der Waals surface area contributed by atoms with Crippen molar-refractivity contribution in [3.63, 3.8) is 0 Å². The van der Waals surface area contributed by atoms with Crippen molar-refractivity contribution in [3.8, 4) is 5.75 Å². The molecule has 5 nitrogen and oxygen atoms in total. The number of ether oxygens (including phenoxy) is 2. The Labute approximate surface area is 173 Å². The molecule has 2 aromatic carbocycles. The molecule has 0 saturated carbocycles. The molecule has 7 heteroatoms. The minimum absolute atomic E-state index is 0.0692. The van der Waals surface area contributed by atoms with Crippen molar-refractivity contribution in [2.75, 3.05) is 7.11 Å². The van der Waals surface area contributed by atoms with Gasteiger partial charge in [0, 0.05) is 18.1 Å². The Kier molecular flexibility index (Phi) is 6.37. The van der Waals surface area contributed by atoms with Gasteiger partial charge in [-0.15, -0.1) is 0 Å². The molecular weight excluding hydrogens is 401 g/mol. The standard InChI is InChI=1S/C21H19Cl2NO4/c1-12-19(21(26)28-11-13-6-8-14(27-2)9-7-13)16(10-18(25)24-12)15-4-3-5-17(22)20(15)23/h3-9,16,19H,10-11H2,1-2H3. The summed E-state index contributed by atoms with van der Waals surface area (Å²) in [5.74, 6) is -1.20.